The number of nitrogens with zero attached hydrogens (tertiary/aromatic N) is 6. The molecule has 2 amide bonds. The molecule has 0 bridgehead atoms. The Morgan fingerprint density at radius 2 is 1.82 bits per heavy atom. The van der Waals surface area contributed by atoms with Crippen LogP contribution >= 0.6 is 11.6 Å². The summed E-state index contributed by atoms with van der Waals surface area (Å²) in [6.07, 6.45) is 6.21. The van der Waals surface area contributed by atoms with Crippen molar-refractivity contribution in [3.63, 3.8) is 0 Å². The number of likely N-dealkylation sites (tertiary alicyclic amines) is 2. The molecule has 3 aromatic rings. The van der Waals surface area contributed by atoms with Gasteiger partial charge in [0, 0.05) is 36.1 Å². The zero-order chi connectivity index (χ0) is 27.4. The molecule has 204 valence electrons. The molecule has 11 nitrogen and oxygen atoms in total. The van der Waals surface area contributed by atoms with Gasteiger partial charge in [-0.25, -0.2) is 9.31 Å². The van der Waals surface area contributed by atoms with Gasteiger partial charge in [-0.2, -0.15) is 10.2 Å². The Morgan fingerprint density at radius 1 is 1.13 bits per heavy atom. The summed E-state index contributed by atoms with van der Waals surface area (Å²) in [7, 11) is 1.60. The smallest absolute Gasteiger partial charge is 0.410 e. The summed E-state index contributed by atoms with van der Waals surface area (Å²) in [6, 6.07) is 2.05. The number of fused-ring (bicyclic) bond motifs is 1. The molecule has 3 aromatic heterocycles. The Hall–Kier alpha value is -3.31. The van der Waals surface area contributed by atoms with Crippen LogP contribution in [0.1, 0.15) is 45.3 Å². The molecule has 0 saturated carbocycles. The van der Waals surface area contributed by atoms with Crippen LogP contribution in [0.2, 0.25) is 5.02 Å². The van der Waals surface area contributed by atoms with Crippen LogP contribution in [-0.2, 0) is 9.53 Å². The summed E-state index contributed by atoms with van der Waals surface area (Å²) in [5.74, 6) is 0.287. The van der Waals surface area contributed by atoms with E-state index in [2.05, 4.69) is 10.2 Å². The summed E-state index contributed by atoms with van der Waals surface area (Å²) in [5, 5.41) is 20.3. The largest absolute Gasteiger partial charge is 0.494 e. The predicted molar refractivity (Wildman–Crippen MR) is 140 cm³/mol. The molecule has 5 heterocycles. The Morgan fingerprint density at radius 3 is 2.45 bits per heavy atom. The van der Waals surface area contributed by atoms with Crippen molar-refractivity contribution < 1.29 is 24.2 Å². The molecule has 0 atom stereocenters. The van der Waals surface area contributed by atoms with E-state index in [9.17, 15) is 14.7 Å². The number of carbonyl (C=O) groups excluding carboxylic acids is 2. The third-order valence-electron chi connectivity index (χ3n) is 7.16. The van der Waals surface area contributed by atoms with E-state index < -0.39 is 17.3 Å². The number of aromatic nitrogens is 4. The van der Waals surface area contributed by atoms with Crippen LogP contribution in [0.25, 0.3) is 16.6 Å². The van der Waals surface area contributed by atoms with Crippen LogP contribution < -0.4 is 4.74 Å². The van der Waals surface area contributed by atoms with Crippen molar-refractivity contribution in [1.82, 2.24) is 29.2 Å². The first kappa shape index (κ1) is 26.3. The normalized spacial score (nSPS) is 18.0. The SMILES string of the molecule is COc1cc(-c2cnn(C3CCN(C(=O)C4(O)CN(C(=O)OC(C)(C)C)C4)CC3)c2C)cn2ncc(Cl)c12. The molecule has 12 heteroatoms. The minimum Gasteiger partial charge on any atom is -0.494 e. The number of halogens is 1. The molecule has 2 aliphatic heterocycles. The van der Waals surface area contributed by atoms with Gasteiger partial charge in [0.25, 0.3) is 5.91 Å². The Bertz CT molecular complexity index is 1380. The van der Waals surface area contributed by atoms with Crippen molar-refractivity contribution in [3.05, 3.63) is 35.4 Å². The van der Waals surface area contributed by atoms with Crippen molar-refractivity contribution in [1.29, 1.82) is 0 Å². The van der Waals surface area contributed by atoms with Crippen LogP contribution in [0, 0.1) is 6.92 Å². The average Bonchev–Trinajstić information content (AvgIpc) is 3.42. The zero-order valence-corrected chi connectivity index (χ0v) is 23.0. The highest BCUT2D eigenvalue weighted by molar-refractivity contribution is 6.34. The number of amides is 2. The maximum Gasteiger partial charge on any atom is 0.410 e. The first-order valence-corrected chi connectivity index (χ1v) is 13.0. The molecule has 2 saturated heterocycles. The van der Waals surface area contributed by atoms with Crippen molar-refractivity contribution in [2.45, 2.75) is 57.8 Å². The fraction of sp³-hybridized carbons (Fsp3) is 0.538. The third kappa shape index (κ3) is 4.69. The van der Waals surface area contributed by atoms with E-state index in [0.717, 1.165) is 16.8 Å². The van der Waals surface area contributed by atoms with Gasteiger partial charge in [0.15, 0.2) is 5.60 Å². The number of aliphatic hydroxyl groups is 1. The number of rotatable bonds is 4. The highest BCUT2D eigenvalue weighted by atomic mass is 35.5. The second-order valence-electron chi connectivity index (χ2n) is 11.1. The lowest BCUT2D eigenvalue weighted by molar-refractivity contribution is -0.169. The Kier molecular flexibility index (Phi) is 6.55. The van der Waals surface area contributed by atoms with Crippen LogP contribution in [0.5, 0.6) is 5.75 Å². The summed E-state index contributed by atoms with van der Waals surface area (Å²) < 4.78 is 14.6. The van der Waals surface area contributed by atoms with Crippen molar-refractivity contribution in [2.24, 2.45) is 0 Å². The third-order valence-corrected chi connectivity index (χ3v) is 7.44. The molecule has 0 radical (unpaired) electrons. The van der Waals surface area contributed by atoms with Crippen molar-refractivity contribution in [2.75, 3.05) is 33.3 Å². The first-order chi connectivity index (χ1) is 17.9. The fourth-order valence-electron chi connectivity index (χ4n) is 5.21. The molecular formula is C26H33ClN6O5. The van der Waals surface area contributed by atoms with Gasteiger partial charge in [0.1, 0.15) is 16.9 Å². The number of β-amino-alcohol motifs (C(OH)–C–C–N with tert-alkyl or cyclic N) is 1. The minimum atomic E-state index is -1.56. The summed E-state index contributed by atoms with van der Waals surface area (Å²) in [6.45, 7) is 8.24. The number of piperidine rings is 1. The Balaban J connectivity index is 1.23. The lowest BCUT2D eigenvalue weighted by atomic mass is 9.91. The summed E-state index contributed by atoms with van der Waals surface area (Å²) in [4.78, 5) is 28.3. The van der Waals surface area contributed by atoms with Crippen LogP contribution in [0.3, 0.4) is 0 Å². The molecule has 5 rings (SSSR count). The van der Waals surface area contributed by atoms with Gasteiger partial charge in [-0.05, 0) is 46.6 Å². The number of ether oxygens (including phenoxy) is 2. The van der Waals surface area contributed by atoms with E-state index in [-0.39, 0.29) is 25.0 Å². The quantitative estimate of drug-likeness (QED) is 0.536. The number of hydrogen-bond acceptors (Lipinski definition) is 7. The molecular weight excluding hydrogens is 512 g/mol. The van der Waals surface area contributed by atoms with Gasteiger partial charge >= 0.3 is 6.09 Å². The van der Waals surface area contributed by atoms with Gasteiger partial charge in [0.2, 0.25) is 0 Å². The zero-order valence-electron chi connectivity index (χ0n) is 22.3. The van der Waals surface area contributed by atoms with Crippen LogP contribution in [0.4, 0.5) is 4.79 Å². The molecule has 2 fully saturated rings. The van der Waals surface area contributed by atoms with Gasteiger partial charge in [-0.15, -0.1) is 0 Å². The summed E-state index contributed by atoms with van der Waals surface area (Å²) >= 11 is 6.26. The van der Waals surface area contributed by atoms with Crippen LogP contribution in [-0.4, -0.2) is 90.8 Å². The van der Waals surface area contributed by atoms with Crippen molar-refractivity contribution in [3.8, 4) is 16.9 Å². The lowest BCUT2D eigenvalue weighted by Crippen LogP contribution is -2.70. The van der Waals surface area contributed by atoms with Gasteiger partial charge in [-0.1, -0.05) is 11.6 Å². The predicted octanol–water partition coefficient (Wildman–Crippen LogP) is 3.31. The maximum atomic E-state index is 13.1. The molecule has 1 N–H and O–H groups in total. The van der Waals surface area contributed by atoms with Crippen molar-refractivity contribution >= 4 is 29.1 Å². The van der Waals surface area contributed by atoms with Crippen LogP contribution in [0.15, 0.2) is 24.7 Å². The van der Waals surface area contributed by atoms with E-state index in [1.54, 1.807) is 43.5 Å². The highest BCUT2D eigenvalue weighted by Crippen LogP contribution is 2.35. The second-order valence-corrected chi connectivity index (χ2v) is 11.5. The average molecular weight is 545 g/mol. The van der Waals surface area contributed by atoms with E-state index >= 15 is 0 Å². The lowest BCUT2D eigenvalue weighted by Gasteiger charge is -2.47. The van der Waals surface area contributed by atoms with Gasteiger partial charge in [0.05, 0.1) is 43.7 Å². The highest BCUT2D eigenvalue weighted by Gasteiger charge is 2.52. The fourth-order valence-corrected chi connectivity index (χ4v) is 5.43. The molecule has 2 aliphatic rings. The van der Waals surface area contributed by atoms with Gasteiger partial charge in [-0.3, -0.25) is 9.48 Å². The van der Waals surface area contributed by atoms with E-state index in [0.29, 0.717) is 42.2 Å². The topological polar surface area (TPSA) is 114 Å². The molecule has 0 spiro atoms. The van der Waals surface area contributed by atoms with Gasteiger partial charge < -0.3 is 24.4 Å². The Labute approximate surface area is 225 Å². The molecule has 0 aliphatic carbocycles. The van der Waals surface area contributed by atoms with E-state index in [1.165, 1.54) is 4.90 Å². The monoisotopic (exact) mass is 544 g/mol. The second kappa shape index (κ2) is 9.46. The van der Waals surface area contributed by atoms with E-state index in [1.807, 2.05) is 30.1 Å². The minimum absolute atomic E-state index is 0.0580. The molecule has 38 heavy (non-hydrogen) atoms. The number of pyridine rings is 1. The first-order valence-electron chi connectivity index (χ1n) is 12.7. The number of methoxy groups -OCH3 is 1. The molecule has 0 unspecified atom stereocenters. The standard InChI is InChI=1S/C26H33ClN6O5/c1-16-19(17-10-21(37-5)22-20(27)12-28-32(22)13-17)11-29-33(16)18-6-8-30(9-7-18)23(34)26(36)14-31(15-26)24(35)38-25(2,3)4/h10-13,18,36H,6-9,14-15H2,1-5H3. The number of hydrogen-bond donors (Lipinski definition) is 1. The number of carbonyl (C=O) groups is 2. The maximum absolute atomic E-state index is 13.1. The summed E-state index contributed by atoms with van der Waals surface area (Å²) in [5.41, 5.74) is 1.38. The molecule has 0 aromatic carbocycles. The van der Waals surface area contributed by atoms with E-state index in [4.69, 9.17) is 21.1 Å².